The van der Waals surface area contributed by atoms with Crippen molar-refractivity contribution < 1.29 is 9.21 Å². The van der Waals surface area contributed by atoms with Crippen molar-refractivity contribution in [2.45, 2.75) is 0 Å². The van der Waals surface area contributed by atoms with E-state index in [-0.39, 0.29) is 11.8 Å². The van der Waals surface area contributed by atoms with Gasteiger partial charge in [-0.15, -0.1) is 0 Å². The average molecular weight is 265 g/mol. The third-order valence-electron chi connectivity index (χ3n) is 2.69. The molecule has 5 heteroatoms. The van der Waals surface area contributed by atoms with Gasteiger partial charge in [-0.3, -0.25) is 4.79 Å². The highest BCUT2D eigenvalue weighted by atomic mass is 16.4. The number of oxazole rings is 1. The summed E-state index contributed by atoms with van der Waals surface area (Å²) in [5, 5.41) is 3.83. The minimum atomic E-state index is -0.186. The van der Waals surface area contributed by atoms with Crippen molar-refractivity contribution >= 4 is 29.1 Å². The number of anilines is 1. The zero-order valence-corrected chi connectivity index (χ0v) is 10.5. The molecular formula is C15H11N3O2. The first-order chi connectivity index (χ1) is 9.83. The second-order valence-corrected chi connectivity index (χ2v) is 4.09. The summed E-state index contributed by atoms with van der Waals surface area (Å²) in [5.41, 5.74) is 4.59. The van der Waals surface area contributed by atoms with Gasteiger partial charge in [0.1, 0.15) is 5.52 Å². The number of rotatable bonds is 4. The van der Waals surface area contributed by atoms with E-state index in [1.807, 2.05) is 30.3 Å². The molecule has 0 aliphatic carbocycles. The number of nitrogens with one attached hydrogen (secondary N) is 1. The van der Waals surface area contributed by atoms with Crippen LogP contribution in [0.5, 0.6) is 0 Å². The van der Waals surface area contributed by atoms with E-state index in [1.54, 1.807) is 24.3 Å². The fourth-order valence-electron chi connectivity index (χ4n) is 1.74. The lowest BCUT2D eigenvalue weighted by Crippen LogP contribution is -2.01. The maximum atomic E-state index is 11.8. The standard InChI is InChI=1S/C15H11N3O2/c19-13(11-6-2-1-3-7-11)10-16-18-15-17-12-8-4-5-9-14(12)20-15/h1-10H,(H,17,18). The fourth-order valence-corrected chi connectivity index (χ4v) is 1.74. The Bertz CT molecular complexity index is 730. The minimum absolute atomic E-state index is 0.186. The van der Waals surface area contributed by atoms with Gasteiger partial charge in [0.15, 0.2) is 5.58 Å². The van der Waals surface area contributed by atoms with Crippen LogP contribution in [0.1, 0.15) is 10.4 Å². The second kappa shape index (κ2) is 5.36. The summed E-state index contributed by atoms with van der Waals surface area (Å²) in [7, 11) is 0. The predicted octanol–water partition coefficient (Wildman–Crippen LogP) is 3.11. The average Bonchev–Trinajstić information content (AvgIpc) is 2.90. The molecule has 0 aliphatic rings. The van der Waals surface area contributed by atoms with Crippen molar-refractivity contribution in [3.05, 3.63) is 60.2 Å². The second-order valence-electron chi connectivity index (χ2n) is 4.09. The van der Waals surface area contributed by atoms with Gasteiger partial charge < -0.3 is 4.42 Å². The number of fused-ring (bicyclic) bond motifs is 1. The molecule has 1 aromatic heterocycles. The largest absolute Gasteiger partial charge is 0.422 e. The topological polar surface area (TPSA) is 67.5 Å². The first kappa shape index (κ1) is 12.1. The summed E-state index contributed by atoms with van der Waals surface area (Å²) in [6.07, 6.45) is 1.20. The summed E-state index contributed by atoms with van der Waals surface area (Å²) >= 11 is 0. The number of para-hydroxylation sites is 2. The predicted molar refractivity (Wildman–Crippen MR) is 76.9 cm³/mol. The van der Waals surface area contributed by atoms with E-state index in [0.29, 0.717) is 11.1 Å². The number of hydrogen-bond acceptors (Lipinski definition) is 5. The molecule has 0 bridgehead atoms. The Morgan fingerprint density at radius 3 is 2.65 bits per heavy atom. The van der Waals surface area contributed by atoms with Crippen LogP contribution in [0.2, 0.25) is 0 Å². The van der Waals surface area contributed by atoms with Gasteiger partial charge in [0.05, 0.1) is 6.21 Å². The van der Waals surface area contributed by atoms with Crippen LogP contribution in [0.3, 0.4) is 0 Å². The van der Waals surface area contributed by atoms with Gasteiger partial charge in [0.2, 0.25) is 5.78 Å². The SMILES string of the molecule is O=C(C=NNc1nc2ccccc2o1)c1ccccc1. The van der Waals surface area contributed by atoms with Crippen LogP contribution in [0.25, 0.3) is 11.1 Å². The Labute approximate surface area is 114 Å². The molecule has 0 unspecified atom stereocenters. The number of benzene rings is 2. The van der Waals surface area contributed by atoms with Crippen molar-refractivity contribution in [1.29, 1.82) is 0 Å². The lowest BCUT2D eigenvalue weighted by molar-refractivity contribution is 0.107. The fraction of sp³-hybridized carbons (Fsp3) is 0. The molecule has 0 amide bonds. The lowest BCUT2D eigenvalue weighted by atomic mass is 10.1. The Morgan fingerprint density at radius 1 is 1.10 bits per heavy atom. The van der Waals surface area contributed by atoms with Crippen molar-refractivity contribution in [2.24, 2.45) is 5.10 Å². The van der Waals surface area contributed by atoms with Crippen LogP contribution in [0, 0.1) is 0 Å². The summed E-state index contributed by atoms with van der Waals surface area (Å²) in [4.78, 5) is 15.9. The molecule has 2 aromatic carbocycles. The van der Waals surface area contributed by atoms with Crippen LogP contribution in [-0.4, -0.2) is 17.0 Å². The zero-order chi connectivity index (χ0) is 13.8. The maximum absolute atomic E-state index is 11.8. The van der Waals surface area contributed by atoms with Gasteiger partial charge in [0, 0.05) is 5.56 Å². The van der Waals surface area contributed by atoms with Crippen LogP contribution in [0.15, 0.2) is 64.1 Å². The first-order valence-corrected chi connectivity index (χ1v) is 6.07. The summed E-state index contributed by atoms with van der Waals surface area (Å²) in [5.74, 6) is -0.186. The van der Waals surface area contributed by atoms with E-state index < -0.39 is 0 Å². The molecule has 98 valence electrons. The van der Waals surface area contributed by atoms with Crippen molar-refractivity contribution in [3.8, 4) is 0 Å². The summed E-state index contributed by atoms with van der Waals surface area (Å²) < 4.78 is 5.41. The van der Waals surface area contributed by atoms with Gasteiger partial charge in [-0.1, -0.05) is 42.5 Å². The molecule has 0 radical (unpaired) electrons. The molecule has 1 heterocycles. The van der Waals surface area contributed by atoms with Crippen molar-refractivity contribution in [3.63, 3.8) is 0 Å². The summed E-state index contributed by atoms with van der Waals surface area (Å²) in [6, 6.07) is 16.5. The zero-order valence-electron chi connectivity index (χ0n) is 10.5. The molecule has 3 rings (SSSR count). The smallest absolute Gasteiger partial charge is 0.316 e. The Morgan fingerprint density at radius 2 is 1.85 bits per heavy atom. The maximum Gasteiger partial charge on any atom is 0.316 e. The number of Topliss-reactive ketones (excluding diaryl/α,β-unsaturated/α-hetero) is 1. The summed E-state index contributed by atoms with van der Waals surface area (Å²) in [6.45, 7) is 0. The normalized spacial score (nSPS) is 11.0. The lowest BCUT2D eigenvalue weighted by Gasteiger charge is -1.94. The Hall–Kier alpha value is -2.95. The Kier molecular flexibility index (Phi) is 3.24. The number of hydrazone groups is 1. The van der Waals surface area contributed by atoms with E-state index in [4.69, 9.17) is 4.42 Å². The minimum Gasteiger partial charge on any atom is -0.422 e. The first-order valence-electron chi connectivity index (χ1n) is 6.07. The highest BCUT2D eigenvalue weighted by Gasteiger charge is 2.04. The molecule has 0 saturated carbocycles. The highest BCUT2D eigenvalue weighted by molar-refractivity contribution is 6.35. The third-order valence-corrected chi connectivity index (χ3v) is 2.69. The number of ketones is 1. The molecule has 0 aliphatic heterocycles. The van der Waals surface area contributed by atoms with E-state index in [9.17, 15) is 4.79 Å². The number of carbonyl (C=O) groups excluding carboxylic acids is 1. The molecule has 20 heavy (non-hydrogen) atoms. The van der Waals surface area contributed by atoms with Gasteiger partial charge in [-0.25, -0.2) is 5.43 Å². The third kappa shape index (κ3) is 2.56. The molecule has 5 nitrogen and oxygen atoms in total. The van der Waals surface area contributed by atoms with E-state index in [2.05, 4.69) is 15.5 Å². The molecule has 3 aromatic rings. The molecule has 0 saturated heterocycles. The number of aromatic nitrogens is 1. The van der Waals surface area contributed by atoms with Crippen LogP contribution < -0.4 is 5.43 Å². The van der Waals surface area contributed by atoms with Gasteiger partial charge in [-0.2, -0.15) is 10.1 Å². The van der Waals surface area contributed by atoms with Crippen LogP contribution in [-0.2, 0) is 0 Å². The van der Waals surface area contributed by atoms with Gasteiger partial charge >= 0.3 is 6.01 Å². The molecule has 1 N–H and O–H groups in total. The molecule has 0 fully saturated rings. The Balaban J connectivity index is 1.70. The van der Waals surface area contributed by atoms with Crippen LogP contribution >= 0.6 is 0 Å². The van der Waals surface area contributed by atoms with Gasteiger partial charge in [0.25, 0.3) is 0 Å². The molecule has 0 atom stereocenters. The van der Waals surface area contributed by atoms with Gasteiger partial charge in [-0.05, 0) is 12.1 Å². The van der Waals surface area contributed by atoms with E-state index in [0.717, 1.165) is 5.52 Å². The van der Waals surface area contributed by atoms with Crippen LogP contribution in [0.4, 0.5) is 6.01 Å². The molecular weight excluding hydrogens is 254 g/mol. The quantitative estimate of drug-likeness (QED) is 0.447. The number of hydrogen-bond donors (Lipinski definition) is 1. The van der Waals surface area contributed by atoms with Crippen molar-refractivity contribution in [2.75, 3.05) is 5.43 Å². The molecule has 0 spiro atoms. The number of nitrogens with zero attached hydrogens (tertiary/aromatic N) is 2. The highest BCUT2D eigenvalue weighted by Crippen LogP contribution is 2.17. The van der Waals surface area contributed by atoms with Crippen molar-refractivity contribution in [1.82, 2.24) is 4.98 Å². The van der Waals surface area contributed by atoms with E-state index >= 15 is 0 Å². The van der Waals surface area contributed by atoms with E-state index in [1.165, 1.54) is 6.21 Å². The monoisotopic (exact) mass is 265 g/mol. The number of carbonyl (C=O) groups is 1.